The van der Waals surface area contributed by atoms with Crippen LogP contribution in [0.4, 0.5) is 5.82 Å². The van der Waals surface area contributed by atoms with E-state index in [1.165, 1.54) is 4.57 Å². The third-order valence-corrected chi connectivity index (χ3v) is 5.03. The van der Waals surface area contributed by atoms with Gasteiger partial charge in [0.2, 0.25) is 0 Å². The average Bonchev–Trinajstić information content (AvgIpc) is 3.24. The highest BCUT2D eigenvalue weighted by Crippen LogP contribution is 2.26. The lowest BCUT2D eigenvalue weighted by Gasteiger charge is -2.12. The summed E-state index contributed by atoms with van der Waals surface area (Å²) in [5, 5.41) is 2.16. The first kappa shape index (κ1) is 16.9. The fourth-order valence-corrected chi connectivity index (χ4v) is 3.64. The summed E-state index contributed by atoms with van der Waals surface area (Å²) in [7, 11) is 0. The predicted molar refractivity (Wildman–Crippen MR) is 107 cm³/mol. The van der Waals surface area contributed by atoms with E-state index in [1.54, 1.807) is 18.2 Å². The Kier molecular flexibility index (Phi) is 3.44. The molecule has 5 rings (SSSR count). The van der Waals surface area contributed by atoms with E-state index in [0.29, 0.717) is 5.69 Å². The highest BCUT2D eigenvalue weighted by molar-refractivity contribution is 6.23. The number of carbonyl (C=O) groups is 2. The number of rotatable bonds is 2. The number of hydrogen-bond acceptors (Lipinski definition) is 5. The van der Waals surface area contributed by atoms with Crippen molar-refractivity contribution in [2.45, 2.75) is 6.92 Å². The van der Waals surface area contributed by atoms with Crippen molar-refractivity contribution in [3.05, 3.63) is 81.9 Å². The van der Waals surface area contributed by atoms with Crippen LogP contribution in [0.5, 0.6) is 0 Å². The molecule has 29 heavy (non-hydrogen) atoms. The number of nitrogen functional groups attached to an aromatic ring is 1. The molecule has 3 aromatic heterocycles. The van der Waals surface area contributed by atoms with E-state index >= 15 is 0 Å². The Morgan fingerprint density at radius 2 is 1.86 bits per heavy atom. The lowest BCUT2D eigenvalue weighted by Crippen LogP contribution is -2.24. The molecule has 0 aliphatic carbocycles. The molecule has 0 fully saturated rings. The van der Waals surface area contributed by atoms with E-state index in [2.05, 4.69) is 10.3 Å². The maximum atomic E-state index is 12.7. The van der Waals surface area contributed by atoms with Gasteiger partial charge in [-0.3, -0.25) is 24.3 Å². The second kappa shape index (κ2) is 5.90. The van der Waals surface area contributed by atoms with Gasteiger partial charge in [-0.1, -0.05) is 18.2 Å². The van der Waals surface area contributed by atoms with Gasteiger partial charge in [-0.15, -0.1) is 0 Å². The molecule has 1 aliphatic rings. The number of pyridine rings is 2. The average molecular weight is 385 g/mol. The number of nitrogens with zero attached hydrogens (tertiary/aromatic N) is 3. The molecule has 0 bridgehead atoms. The highest BCUT2D eigenvalue weighted by Gasteiger charge is 2.31. The number of nitrogens with two attached hydrogens (primary N) is 1. The van der Waals surface area contributed by atoms with Crippen molar-refractivity contribution in [3.63, 3.8) is 0 Å². The van der Waals surface area contributed by atoms with Crippen LogP contribution in [0.3, 0.4) is 0 Å². The molecule has 8 nitrogen and oxygen atoms in total. The summed E-state index contributed by atoms with van der Waals surface area (Å²) >= 11 is 0. The Morgan fingerprint density at radius 3 is 2.66 bits per heavy atom. The SMILES string of the molecule is Cc1cccn2cc(-c3cccc(-n4c(N)c5c(cc4=O)C(=O)NC5=O)c3)nc12. The van der Waals surface area contributed by atoms with Gasteiger partial charge in [0.15, 0.2) is 0 Å². The van der Waals surface area contributed by atoms with Crippen molar-refractivity contribution in [3.8, 4) is 16.9 Å². The Bertz CT molecular complexity index is 1410. The van der Waals surface area contributed by atoms with Gasteiger partial charge in [0.25, 0.3) is 17.4 Å². The minimum atomic E-state index is -0.616. The number of nitrogens with one attached hydrogen (secondary N) is 1. The van der Waals surface area contributed by atoms with Crippen LogP contribution in [0, 0.1) is 6.92 Å². The van der Waals surface area contributed by atoms with Crippen molar-refractivity contribution in [2.75, 3.05) is 5.73 Å². The van der Waals surface area contributed by atoms with Crippen molar-refractivity contribution in [1.82, 2.24) is 19.3 Å². The smallest absolute Gasteiger partial charge is 0.262 e. The van der Waals surface area contributed by atoms with Crippen molar-refractivity contribution >= 4 is 23.3 Å². The molecular formula is C21H15N5O3. The molecule has 2 amide bonds. The lowest BCUT2D eigenvalue weighted by atomic mass is 10.1. The summed E-state index contributed by atoms with van der Waals surface area (Å²) in [6.45, 7) is 1.99. The van der Waals surface area contributed by atoms with Gasteiger partial charge in [0.1, 0.15) is 11.5 Å². The van der Waals surface area contributed by atoms with E-state index in [-0.39, 0.29) is 16.9 Å². The number of carbonyl (C=O) groups excluding carboxylic acids is 2. The monoisotopic (exact) mass is 385 g/mol. The van der Waals surface area contributed by atoms with Crippen LogP contribution in [0.1, 0.15) is 26.3 Å². The van der Waals surface area contributed by atoms with Crippen LogP contribution in [0.2, 0.25) is 0 Å². The van der Waals surface area contributed by atoms with Gasteiger partial charge in [0.05, 0.1) is 22.5 Å². The fourth-order valence-electron chi connectivity index (χ4n) is 3.64. The molecule has 1 aromatic carbocycles. The van der Waals surface area contributed by atoms with Crippen molar-refractivity contribution < 1.29 is 9.59 Å². The number of imide groups is 1. The summed E-state index contributed by atoms with van der Waals surface area (Å²) in [5.41, 5.74) is 9.54. The largest absolute Gasteiger partial charge is 0.384 e. The van der Waals surface area contributed by atoms with E-state index in [4.69, 9.17) is 5.73 Å². The number of aryl methyl sites for hydroxylation is 1. The van der Waals surface area contributed by atoms with Crippen LogP contribution in [0.15, 0.2) is 59.7 Å². The molecule has 4 heterocycles. The first-order valence-electron chi connectivity index (χ1n) is 8.90. The summed E-state index contributed by atoms with van der Waals surface area (Å²) in [6, 6.07) is 12.2. The quantitative estimate of drug-likeness (QED) is 0.512. The van der Waals surface area contributed by atoms with Gasteiger partial charge in [-0.05, 0) is 30.7 Å². The molecule has 0 atom stereocenters. The van der Waals surface area contributed by atoms with E-state index < -0.39 is 17.4 Å². The Hall–Kier alpha value is -4.20. The van der Waals surface area contributed by atoms with Gasteiger partial charge in [-0.2, -0.15) is 0 Å². The van der Waals surface area contributed by atoms with Gasteiger partial charge >= 0.3 is 0 Å². The van der Waals surface area contributed by atoms with Crippen molar-refractivity contribution in [1.29, 1.82) is 0 Å². The number of imidazole rings is 1. The maximum Gasteiger partial charge on any atom is 0.262 e. The number of aromatic nitrogens is 3. The molecule has 0 spiro atoms. The van der Waals surface area contributed by atoms with Crippen LogP contribution >= 0.6 is 0 Å². The van der Waals surface area contributed by atoms with E-state index in [9.17, 15) is 14.4 Å². The zero-order valence-corrected chi connectivity index (χ0v) is 15.3. The number of anilines is 1. The standard InChI is InChI=1S/C21H15N5O3/c1-11-4-3-7-25-10-15(23-19(11)25)12-5-2-6-13(8-12)26-16(27)9-14-17(18(26)22)21(29)24-20(14)28/h2-10H,22H2,1H3,(H,24,28,29). The topological polar surface area (TPSA) is 111 Å². The molecule has 0 saturated carbocycles. The molecule has 3 N–H and O–H groups in total. The number of benzene rings is 1. The summed E-state index contributed by atoms with van der Waals surface area (Å²) in [5.74, 6) is -1.29. The lowest BCUT2D eigenvalue weighted by molar-refractivity contribution is 0.0880. The second-order valence-electron chi connectivity index (χ2n) is 6.87. The summed E-state index contributed by atoms with van der Waals surface area (Å²) in [4.78, 5) is 41.2. The summed E-state index contributed by atoms with van der Waals surface area (Å²) in [6.07, 6.45) is 3.82. The van der Waals surface area contributed by atoms with Crippen LogP contribution in [-0.4, -0.2) is 25.8 Å². The number of hydrogen-bond donors (Lipinski definition) is 2. The normalized spacial score (nSPS) is 13.0. The van der Waals surface area contributed by atoms with Gasteiger partial charge in [-0.25, -0.2) is 4.98 Å². The first-order valence-corrected chi connectivity index (χ1v) is 8.90. The number of fused-ring (bicyclic) bond motifs is 2. The predicted octanol–water partition coefficient (Wildman–Crippen LogP) is 1.93. The number of amides is 2. The molecule has 1 aliphatic heterocycles. The minimum absolute atomic E-state index is 0.000677. The molecule has 4 aromatic rings. The Morgan fingerprint density at radius 1 is 1.03 bits per heavy atom. The third-order valence-electron chi connectivity index (χ3n) is 5.03. The highest BCUT2D eigenvalue weighted by atomic mass is 16.2. The second-order valence-corrected chi connectivity index (χ2v) is 6.87. The maximum absolute atomic E-state index is 12.7. The molecule has 8 heteroatoms. The Labute approximate surface area is 164 Å². The first-order chi connectivity index (χ1) is 13.9. The zero-order chi connectivity index (χ0) is 20.3. The molecule has 142 valence electrons. The third kappa shape index (κ3) is 2.46. The van der Waals surface area contributed by atoms with Gasteiger partial charge in [0, 0.05) is 24.0 Å². The minimum Gasteiger partial charge on any atom is -0.384 e. The van der Waals surface area contributed by atoms with Crippen LogP contribution < -0.4 is 16.6 Å². The summed E-state index contributed by atoms with van der Waals surface area (Å²) < 4.78 is 3.16. The molecule has 0 unspecified atom stereocenters. The zero-order valence-electron chi connectivity index (χ0n) is 15.3. The van der Waals surface area contributed by atoms with Crippen LogP contribution in [0.25, 0.3) is 22.6 Å². The van der Waals surface area contributed by atoms with E-state index in [0.717, 1.165) is 28.5 Å². The van der Waals surface area contributed by atoms with Gasteiger partial charge < -0.3 is 10.1 Å². The van der Waals surface area contributed by atoms with Crippen LogP contribution in [-0.2, 0) is 0 Å². The van der Waals surface area contributed by atoms with Crippen molar-refractivity contribution in [2.24, 2.45) is 0 Å². The molecule has 0 radical (unpaired) electrons. The fraction of sp³-hybridized carbons (Fsp3) is 0.0476. The molecular weight excluding hydrogens is 370 g/mol. The van der Waals surface area contributed by atoms with E-state index in [1.807, 2.05) is 41.9 Å². The molecule has 0 saturated heterocycles. The Balaban J connectivity index is 1.69.